The lowest BCUT2D eigenvalue weighted by atomic mass is 9.94. The van der Waals surface area contributed by atoms with Gasteiger partial charge in [-0.05, 0) is 20.9 Å². The molecule has 92 valence electrons. The molecule has 1 heterocycles. The Morgan fingerprint density at radius 1 is 1.50 bits per heavy atom. The number of methoxy groups -OCH3 is 1. The molecule has 0 aromatic carbocycles. The van der Waals surface area contributed by atoms with Crippen molar-refractivity contribution < 1.29 is 4.74 Å². The molecule has 1 saturated heterocycles. The number of hydrogen-bond donors (Lipinski definition) is 0. The summed E-state index contributed by atoms with van der Waals surface area (Å²) in [4.78, 5) is 4.73. The van der Waals surface area contributed by atoms with Crippen molar-refractivity contribution in [2.75, 3.05) is 40.4 Å². The predicted octanol–water partition coefficient (Wildman–Crippen LogP) is 0.941. The smallest absolute Gasteiger partial charge is 0.0638 e. The Bertz CT molecular complexity index is 259. The summed E-state index contributed by atoms with van der Waals surface area (Å²) in [5.41, 5.74) is 0.118. The second-order valence-corrected chi connectivity index (χ2v) is 5.21. The Labute approximate surface area is 98.8 Å². The Hall–Kier alpha value is -0.630. The van der Waals surface area contributed by atoms with Crippen LogP contribution in [0.4, 0.5) is 0 Å². The predicted molar refractivity (Wildman–Crippen MR) is 64.2 cm³/mol. The third-order valence-electron chi connectivity index (χ3n) is 3.26. The van der Waals surface area contributed by atoms with E-state index in [1.165, 1.54) is 0 Å². The first-order valence-electron chi connectivity index (χ1n) is 5.82. The second kappa shape index (κ2) is 5.62. The Balaban J connectivity index is 2.73. The van der Waals surface area contributed by atoms with Crippen molar-refractivity contribution in [3.8, 4) is 6.07 Å². The van der Waals surface area contributed by atoms with Gasteiger partial charge in [-0.1, -0.05) is 0 Å². The van der Waals surface area contributed by atoms with E-state index >= 15 is 0 Å². The lowest BCUT2D eigenvalue weighted by molar-refractivity contribution is -0.0269. The minimum Gasteiger partial charge on any atom is -0.383 e. The lowest BCUT2D eigenvalue weighted by Crippen LogP contribution is -2.63. The third kappa shape index (κ3) is 3.18. The number of likely N-dealkylation sites (N-methyl/N-ethyl adjacent to an activating group) is 1. The molecule has 0 aromatic heterocycles. The zero-order chi connectivity index (χ0) is 12.2. The van der Waals surface area contributed by atoms with Gasteiger partial charge in [0.1, 0.15) is 0 Å². The van der Waals surface area contributed by atoms with Crippen molar-refractivity contribution >= 4 is 0 Å². The molecule has 1 aliphatic heterocycles. The van der Waals surface area contributed by atoms with E-state index in [9.17, 15) is 0 Å². The number of piperazine rings is 1. The maximum atomic E-state index is 8.89. The van der Waals surface area contributed by atoms with E-state index in [4.69, 9.17) is 10.00 Å². The van der Waals surface area contributed by atoms with Crippen LogP contribution in [0.25, 0.3) is 0 Å². The van der Waals surface area contributed by atoms with Crippen LogP contribution in [0.3, 0.4) is 0 Å². The van der Waals surface area contributed by atoms with Gasteiger partial charge >= 0.3 is 0 Å². The second-order valence-electron chi connectivity index (χ2n) is 5.21. The number of hydrogen-bond acceptors (Lipinski definition) is 4. The zero-order valence-electron chi connectivity index (χ0n) is 10.9. The summed E-state index contributed by atoms with van der Waals surface area (Å²) in [5.74, 6) is 0. The number of rotatable bonds is 4. The fourth-order valence-electron chi connectivity index (χ4n) is 2.72. The van der Waals surface area contributed by atoms with Gasteiger partial charge in [-0.25, -0.2) is 0 Å². The number of ether oxygens (including phenoxy) is 1. The first kappa shape index (κ1) is 13.4. The van der Waals surface area contributed by atoms with Crippen molar-refractivity contribution in [2.24, 2.45) is 0 Å². The maximum absolute atomic E-state index is 8.89. The highest BCUT2D eigenvalue weighted by atomic mass is 16.5. The van der Waals surface area contributed by atoms with Gasteiger partial charge in [0.15, 0.2) is 0 Å². The van der Waals surface area contributed by atoms with E-state index in [2.05, 4.69) is 36.8 Å². The van der Waals surface area contributed by atoms with Gasteiger partial charge in [0.05, 0.1) is 19.1 Å². The average Bonchev–Trinajstić information content (AvgIpc) is 2.15. The Kier molecular flexibility index (Phi) is 4.72. The quantitative estimate of drug-likeness (QED) is 0.714. The zero-order valence-corrected chi connectivity index (χ0v) is 10.9. The van der Waals surface area contributed by atoms with E-state index < -0.39 is 0 Å². The van der Waals surface area contributed by atoms with Crippen molar-refractivity contribution in [1.29, 1.82) is 5.26 Å². The minimum atomic E-state index is 0.118. The molecule has 0 amide bonds. The molecular weight excluding hydrogens is 202 g/mol. The fraction of sp³-hybridized carbons (Fsp3) is 0.917. The first-order chi connectivity index (χ1) is 7.51. The summed E-state index contributed by atoms with van der Waals surface area (Å²) in [6, 6.07) is 2.62. The topological polar surface area (TPSA) is 39.5 Å². The first-order valence-corrected chi connectivity index (χ1v) is 5.82. The van der Waals surface area contributed by atoms with Crippen molar-refractivity contribution in [2.45, 2.75) is 31.8 Å². The number of nitrogens with zero attached hydrogens (tertiary/aromatic N) is 3. The molecule has 0 N–H and O–H groups in total. The molecule has 0 aromatic rings. The van der Waals surface area contributed by atoms with E-state index in [1.54, 1.807) is 7.11 Å². The molecule has 1 unspecified atom stereocenters. The Morgan fingerprint density at radius 3 is 2.75 bits per heavy atom. The van der Waals surface area contributed by atoms with Crippen molar-refractivity contribution in [3.05, 3.63) is 0 Å². The maximum Gasteiger partial charge on any atom is 0.0638 e. The molecule has 1 fully saturated rings. The standard InChI is InChI=1S/C12H23N3O/c1-12(2)10-14(3)9-11(5-6-13)15(12)7-8-16-4/h11H,5,7-10H2,1-4H3. The SMILES string of the molecule is COCCN1C(CC#N)CN(C)CC1(C)C. The van der Waals surface area contributed by atoms with Crippen LogP contribution in [-0.4, -0.2) is 61.8 Å². The van der Waals surface area contributed by atoms with Crippen LogP contribution < -0.4 is 0 Å². The van der Waals surface area contributed by atoms with E-state index in [0.29, 0.717) is 12.5 Å². The summed E-state index contributed by atoms with van der Waals surface area (Å²) in [7, 11) is 3.85. The lowest BCUT2D eigenvalue weighted by Gasteiger charge is -2.50. The molecule has 4 heteroatoms. The third-order valence-corrected chi connectivity index (χ3v) is 3.26. The van der Waals surface area contributed by atoms with Gasteiger partial charge in [-0.2, -0.15) is 5.26 Å². The summed E-state index contributed by atoms with van der Waals surface area (Å²) >= 11 is 0. The molecule has 1 rings (SSSR count). The molecule has 4 nitrogen and oxygen atoms in total. The molecular formula is C12H23N3O. The van der Waals surface area contributed by atoms with Crippen LogP contribution in [0, 0.1) is 11.3 Å². The highest BCUT2D eigenvalue weighted by Crippen LogP contribution is 2.25. The van der Waals surface area contributed by atoms with Gasteiger partial charge in [0.2, 0.25) is 0 Å². The normalized spacial score (nSPS) is 26.6. The van der Waals surface area contributed by atoms with Gasteiger partial charge < -0.3 is 9.64 Å². The minimum absolute atomic E-state index is 0.118. The van der Waals surface area contributed by atoms with Gasteiger partial charge in [-0.15, -0.1) is 0 Å². The van der Waals surface area contributed by atoms with E-state index in [-0.39, 0.29) is 5.54 Å². The Morgan fingerprint density at radius 2 is 2.19 bits per heavy atom. The van der Waals surface area contributed by atoms with Crippen LogP contribution in [-0.2, 0) is 4.74 Å². The molecule has 16 heavy (non-hydrogen) atoms. The van der Waals surface area contributed by atoms with Crippen molar-refractivity contribution in [1.82, 2.24) is 9.80 Å². The highest BCUT2D eigenvalue weighted by molar-refractivity contribution is 4.97. The molecule has 0 radical (unpaired) electrons. The summed E-state index contributed by atoms with van der Waals surface area (Å²) < 4.78 is 5.15. The van der Waals surface area contributed by atoms with Crippen LogP contribution >= 0.6 is 0 Å². The monoisotopic (exact) mass is 225 g/mol. The molecule has 0 bridgehead atoms. The fourth-order valence-corrected chi connectivity index (χ4v) is 2.72. The summed E-state index contributed by atoms with van der Waals surface area (Å²) in [6.07, 6.45) is 0.595. The molecule has 0 saturated carbocycles. The molecule has 1 aliphatic rings. The summed E-state index contributed by atoms with van der Waals surface area (Å²) in [5, 5.41) is 8.89. The molecule has 0 spiro atoms. The number of nitriles is 1. The van der Waals surface area contributed by atoms with Crippen LogP contribution in [0.2, 0.25) is 0 Å². The van der Waals surface area contributed by atoms with Gasteiger partial charge in [-0.3, -0.25) is 4.90 Å². The molecule has 1 atom stereocenters. The summed E-state index contributed by atoms with van der Waals surface area (Å²) in [6.45, 7) is 8.13. The highest BCUT2D eigenvalue weighted by Gasteiger charge is 2.37. The van der Waals surface area contributed by atoms with Gasteiger partial charge in [0, 0.05) is 38.3 Å². The van der Waals surface area contributed by atoms with E-state index in [0.717, 1.165) is 26.2 Å². The van der Waals surface area contributed by atoms with E-state index in [1.807, 2.05) is 0 Å². The van der Waals surface area contributed by atoms with Crippen LogP contribution in [0.15, 0.2) is 0 Å². The largest absolute Gasteiger partial charge is 0.383 e. The van der Waals surface area contributed by atoms with Gasteiger partial charge in [0.25, 0.3) is 0 Å². The van der Waals surface area contributed by atoms with Crippen molar-refractivity contribution in [3.63, 3.8) is 0 Å². The average molecular weight is 225 g/mol. The molecule has 0 aliphatic carbocycles. The van der Waals surface area contributed by atoms with Crippen LogP contribution in [0.1, 0.15) is 20.3 Å². The van der Waals surface area contributed by atoms with Crippen LogP contribution in [0.5, 0.6) is 0 Å².